The van der Waals surface area contributed by atoms with E-state index in [1.54, 1.807) is 18.5 Å². The standard InChI is InChI=1S/C8H13N5/c9-7-6-10-4-5-13(7)8-11-2-1-3-12-8/h1-3,7,10H,4-6,9H2. The molecule has 3 N–H and O–H groups in total. The number of aromatic nitrogens is 2. The quantitative estimate of drug-likeness (QED) is 0.589. The van der Waals surface area contributed by atoms with Gasteiger partial charge < -0.3 is 16.0 Å². The molecule has 0 radical (unpaired) electrons. The van der Waals surface area contributed by atoms with Crippen molar-refractivity contribution in [2.45, 2.75) is 6.17 Å². The number of nitrogens with one attached hydrogen (secondary N) is 1. The molecule has 13 heavy (non-hydrogen) atoms. The van der Waals surface area contributed by atoms with Crippen LogP contribution in [0.25, 0.3) is 0 Å². The molecule has 0 aromatic carbocycles. The van der Waals surface area contributed by atoms with Crippen LogP contribution in [0.4, 0.5) is 5.95 Å². The fourth-order valence-corrected chi connectivity index (χ4v) is 1.41. The molecule has 0 amide bonds. The van der Waals surface area contributed by atoms with E-state index < -0.39 is 0 Å². The van der Waals surface area contributed by atoms with Gasteiger partial charge in [-0.05, 0) is 6.07 Å². The van der Waals surface area contributed by atoms with Gasteiger partial charge in [0.05, 0.1) is 6.17 Å². The first-order chi connectivity index (χ1) is 6.38. The number of rotatable bonds is 1. The molecule has 0 spiro atoms. The molecular weight excluding hydrogens is 166 g/mol. The topological polar surface area (TPSA) is 67.1 Å². The molecule has 5 heteroatoms. The van der Waals surface area contributed by atoms with E-state index in [0.29, 0.717) is 0 Å². The second-order valence-electron chi connectivity index (χ2n) is 3.01. The minimum atomic E-state index is -0.0175. The highest BCUT2D eigenvalue weighted by molar-refractivity contribution is 5.30. The lowest BCUT2D eigenvalue weighted by Crippen LogP contribution is -2.56. The Morgan fingerprint density at radius 3 is 2.92 bits per heavy atom. The Balaban J connectivity index is 2.15. The van der Waals surface area contributed by atoms with Gasteiger partial charge in [-0.15, -0.1) is 0 Å². The third kappa shape index (κ3) is 1.76. The van der Waals surface area contributed by atoms with Crippen LogP contribution in [0.1, 0.15) is 0 Å². The van der Waals surface area contributed by atoms with Gasteiger partial charge in [0.2, 0.25) is 5.95 Å². The van der Waals surface area contributed by atoms with Gasteiger partial charge in [0.1, 0.15) is 0 Å². The lowest BCUT2D eigenvalue weighted by atomic mass is 10.3. The zero-order valence-electron chi connectivity index (χ0n) is 7.35. The molecule has 1 aromatic heterocycles. The molecule has 70 valence electrons. The Labute approximate surface area is 77.0 Å². The average molecular weight is 179 g/mol. The maximum Gasteiger partial charge on any atom is 0.226 e. The number of nitrogens with zero attached hydrogens (tertiary/aromatic N) is 3. The van der Waals surface area contributed by atoms with Crippen LogP contribution in [0.2, 0.25) is 0 Å². The zero-order chi connectivity index (χ0) is 9.10. The van der Waals surface area contributed by atoms with E-state index in [1.807, 2.05) is 4.90 Å². The molecule has 1 aromatic rings. The molecule has 1 aliphatic heterocycles. The zero-order valence-corrected chi connectivity index (χ0v) is 7.35. The summed E-state index contributed by atoms with van der Waals surface area (Å²) in [6, 6.07) is 1.80. The first kappa shape index (κ1) is 8.40. The van der Waals surface area contributed by atoms with Crippen molar-refractivity contribution >= 4 is 5.95 Å². The molecule has 5 nitrogen and oxygen atoms in total. The van der Waals surface area contributed by atoms with E-state index in [0.717, 1.165) is 25.6 Å². The summed E-state index contributed by atoms with van der Waals surface area (Å²) in [7, 11) is 0. The number of hydrogen-bond acceptors (Lipinski definition) is 5. The highest BCUT2D eigenvalue weighted by atomic mass is 15.3. The third-order valence-corrected chi connectivity index (χ3v) is 2.09. The van der Waals surface area contributed by atoms with Gasteiger partial charge in [-0.1, -0.05) is 0 Å². The minimum Gasteiger partial charge on any atom is -0.323 e. The largest absolute Gasteiger partial charge is 0.323 e. The number of nitrogens with two attached hydrogens (primary N) is 1. The highest BCUT2D eigenvalue weighted by Crippen LogP contribution is 2.07. The highest BCUT2D eigenvalue weighted by Gasteiger charge is 2.19. The molecule has 2 heterocycles. The monoisotopic (exact) mass is 179 g/mol. The SMILES string of the molecule is NC1CNCCN1c1ncccn1. The normalized spacial score (nSPS) is 23.2. The van der Waals surface area contributed by atoms with Crippen LogP contribution in [0, 0.1) is 0 Å². The third-order valence-electron chi connectivity index (χ3n) is 2.09. The Kier molecular flexibility index (Phi) is 2.37. The van der Waals surface area contributed by atoms with E-state index >= 15 is 0 Å². The molecule has 2 rings (SSSR count). The maximum atomic E-state index is 5.89. The maximum absolute atomic E-state index is 5.89. The van der Waals surface area contributed by atoms with E-state index in [-0.39, 0.29) is 6.17 Å². The van der Waals surface area contributed by atoms with Gasteiger partial charge in [0.15, 0.2) is 0 Å². The van der Waals surface area contributed by atoms with Crippen LogP contribution in [0.3, 0.4) is 0 Å². The van der Waals surface area contributed by atoms with Crippen LogP contribution >= 0.6 is 0 Å². The second kappa shape index (κ2) is 3.68. The molecule has 1 unspecified atom stereocenters. The van der Waals surface area contributed by atoms with Crippen LogP contribution < -0.4 is 16.0 Å². The Bertz CT molecular complexity index is 262. The van der Waals surface area contributed by atoms with Crippen LogP contribution in [-0.2, 0) is 0 Å². The average Bonchev–Trinajstić information content (AvgIpc) is 2.20. The van der Waals surface area contributed by atoms with Crippen molar-refractivity contribution in [1.82, 2.24) is 15.3 Å². The summed E-state index contributed by atoms with van der Waals surface area (Å²) < 4.78 is 0. The lowest BCUT2D eigenvalue weighted by Gasteiger charge is -2.33. The number of hydrogen-bond donors (Lipinski definition) is 2. The van der Waals surface area contributed by atoms with Crippen molar-refractivity contribution in [3.05, 3.63) is 18.5 Å². The van der Waals surface area contributed by atoms with Crippen LogP contribution in [0.15, 0.2) is 18.5 Å². The summed E-state index contributed by atoms with van der Waals surface area (Å²) in [5.41, 5.74) is 5.89. The van der Waals surface area contributed by atoms with E-state index in [2.05, 4.69) is 15.3 Å². The Morgan fingerprint density at radius 2 is 2.23 bits per heavy atom. The van der Waals surface area contributed by atoms with Crippen LogP contribution in [0.5, 0.6) is 0 Å². The van der Waals surface area contributed by atoms with Gasteiger partial charge in [0, 0.05) is 32.0 Å². The number of anilines is 1. The summed E-state index contributed by atoms with van der Waals surface area (Å²) in [5.74, 6) is 0.719. The summed E-state index contributed by atoms with van der Waals surface area (Å²) >= 11 is 0. The first-order valence-electron chi connectivity index (χ1n) is 4.38. The molecule has 1 atom stereocenters. The molecule has 0 aliphatic carbocycles. The van der Waals surface area contributed by atoms with Gasteiger partial charge >= 0.3 is 0 Å². The van der Waals surface area contributed by atoms with Gasteiger partial charge in [-0.2, -0.15) is 0 Å². The molecule has 0 saturated carbocycles. The van der Waals surface area contributed by atoms with Crippen molar-refractivity contribution in [1.29, 1.82) is 0 Å². The first-order valence-corrected chi connectivity index (χ1v) is 4.38. The second-order valence-corrected chi connectivity index (χ2v) is 3.01. The lowest BCUT2D eigenvalue weighted by molar-refractivity contribution is 0.479. The number of piperazine rings is 1. The Morgan fingerprint density at radius 1 is 1.46 bits per heavy atom. The molecular formula is C8H13N5. The Hall–Kier alpha value is -1.20. The van der Waals surface area contributed by atoms with Gasteiger partial charge in [-0.3, -0.25) is 0 Å². The fraction of sp³-hybridized carbons (Fsp3) is 0.500. The molecule has 1 saturated heterocycles. The van der Waals surface area contributed by atoms with Crippen LogP contribution in [-0.4, -0.2) is 35.8 Å². The van der Waals surface area contributed by atoms with E-state index in [9.17, 15) is 0 Å². The smallest absolute Gasteiger partial charge is 0.226 e. The van der Waals surface area contributed by atoms with Crippen molar-refractivity contribution in [3.8, 4) is 0 Å². The van der Waals surface area contributed by atoms with Gasteiger partial charge in [-0.25, -0.2) is 9.97 Å². The molecule has 1 aliphatic rings. The van der Waals surface area contributed by atoms with Crippen molar-refractivity contribution in [2.24, 2.45) is 5.73 Å². The summed E-state index contributed by atoms with van der Waals surface area (Å²) in [4.78, 5) is 10.3. The van der Waals surface area contributed by atoms with E-state index in [4.69, 9.17) is 5.73 Å². The molecule has 1 fully saturated rings. The van der Waals surface area contributed by atoms with Crippen molar-refractivity contribution in [3.63, 3.8) is 0 Å². The minimum absolute atomic E-state index is 0.0175. The van der Waals surface area contributed by atoms with Crippen molar-refractivity contribution < 1.29 is 0 Å². The predicted octanol–water partition coefficient (Wildman–Crippen LogP) is -0.829. The van der Waals surface area contributed by atoms with Crippen molar-refractivity contribution in [2.75, 3.05) is 24.5 Å². The predicted molar refractivity (Wildman–Crippen MR) is 50.2 cm³/mol. The van der Waals surface area contributed by atoms with E-state index in [1.165, 1.54) is 0 Å². The summed E-state index contributed by atoms with van der Waals surface area (Å²) in [6.07, 6.45) is 3.45. The fourth-order valence-electron chi connectivity index (χ4n) is 1.41. The molecule has 0 bridgehead atoms. The summed E-state index contributed by atoms with van der Waals surface area (Å²) in [5, 5.41) is 3.21. The summed E-state index contributed by atoms with van der Waals surface area (Å²) in [6.45, 7) is 2.59. The van der Waals surface area contributed by atoms with Gasteiger partial charge in [0.25, 0.3) is 0 Å².